The van der Waals surface area contributed by atoms with Gasteiger partial charge >= 0.3 is 0 Å². The normalized spacial score (nSPS) is 16.5. The molecule has 1 aliphatic carbocycles. The highest BCUT2D eigenvalue weighted by molar-refractivity contribution is 7.11. The summed E-state index contributed by atoms with van der Waals surface area (Å²) in [6, 6.07) is 0.490. The number of aliphatic imine (C=N–C) groups is 1. The lowest BCUT2D eigenvalue weighted by molar-refractivity contribution is 0.633. The second-order valence-electron chi connectivity index (χ2n) is 4.06. The lowest BCUT2D eigenvalue weighted by Crippen LogP contribution is -2.41. The van der Waals surface area contributed by atoms with Gasteiger partial charge in [0, 0.05) is 24.2 Å². The monoisotopic (exact) mass is 250 g/mol. The topological polar surface area (TPSA) is 49.3 Å². The van der Waals surface area contributed by atoms with E-state index in [-0.39, 0.29) is 0 Å². The third kappa shape index (κ3) is 3.56. The van der Waals surface area contributed by atoms with Gasteiger partial charge in [0.15, 0.2) is 5.96 Å². The molecule has 0 atom stereocenters. The largest absolute Gasteiger partial charge is 0.353 e. The van der Waals surface area contributed by atoms with Crippen LogP contribution in [-0.2, 0) is 6.54 Å². The van der Waals surface area contributed by atoms with Gasteiger partial charge in [0.05, 0.1) is 11.6 Å². The van der Waals surface area contributed by atoms with Crippen LogP contribution in [0.15, 0.2) is 23.3 Å². The number of guanidine groups is 1. The van der Waals surface area contributed by atoms with E-state index in [1.54, 1.807) is 18.4 Å². The van der Waals surface area contributed by atoms with Crippen molar-refractivity contribution < 1.29 is 0 Å². The van der Waals surface area contributed by atoms with Crippen LogP contribution in [-0.4, -0.2) is 24.0 Å². The van der Waals surface area contributed by atoms with Gasteiger partial charge in [-0.25, -0.2) is 4.98 Å². The smallest absolute Gasteiger partial charge is 0.191 e. The molecule has 0 aromatic carbocycles. The fourth-order valence-electron chi connectivity index (χ4n) is 1.78. The van der Waals surface area contributed by atoms with Crippen LogP contribution in [0.4, 0.5) is 0 Å². The Kier molecular flexibility index (Phi) is 4.14. The van der Waals surface area contributed by atoms with Crippen molar-refractivity contribution in [2.45, 2.75) is 32.4 Å². The Morgan fingerprint density at radius 1 is 1.53 bits per heavy atom. The van der Waals surface area contributed by atoms with Crippen molar-refractivity contribution in [1.29, 1.82) is 0 Å². The molecule has 0 unspecified atom stereocenters. The molecule has 5 heteroatoms. The Morgan fingerprint density at radius 3 is 2.88 bits per heavy atom. The van der Waals surface area contributed by atoms with Gasteiger partial charge in [-0.05, 0) is 19.8 Å². The van der Waals surface area contributed by atoms with E-state index in [9.17, 15) is 0 Å². The van der Waals surface area contributed by atoms with Crippen LogP contribution in [0, 0.1) is 6.92 Å². The van der Waals surface area contributed by atoms with Crippen molar-refractivity contribution in [3.05, 3.63) is 28.2 Å². The second-order valence-corrected chi connectivity index (χ2v) is 5.37. The molecule has 0 amide bonds. The summed E-state index contributed by atoms with van der Waals surface area (Å²) in [5, 5.41) is 7.81. The molecule has 92 valence electrons. The molecular formula is C12H18N4S. The predicted molar refractivity (Wildman–Crippen MR) is 72.3 cm³/mol. The van der Waals surface area contributed by atoms with Gasteiger partial charge in [-0.15, -0.1) is 11.3 Å². The molecule has 1 aromatic rings. The number of thiazole rings is 1. The second kappa shape index (κ2) is 5.82. The van der Waals surface area contributed by atoms with E-state index in [1.807, 2.05) is 13.1 Å². The molecule has 2 rings (SSSR count). The molecule has 1 aliphatic rings. The van der Waals surface area contributed by atoms with Crippen LogP contribution in [0.2, 0.25) is 0 Å². The van der Waals surface area contributed by atoms with Crippen molar-refractivity contribution >= 4 is 17.3 Å². The Hall–Kier alpha value is -1.36. The Labute approximate surface area is 106 Å². The third-order valence-corrected chi connectivity index (χ3v) is 3.58. The molecule has 0 saturated carbocycles. The first-order valence-electron chi connectivity index (χ1n) is 5.81. The van der Waals surface area contributed by atoms with E-state index >= 15 is 0 Å². The Balaban J connectivity index is 1.79. The van der Waals surface area contributed by atoms with Crippen molar-refractivity contribution in [2.24, 2.45) is 4.99 Å². The van der Waals surface area contributed by atoms with Gasteiger partial charge < -0.3 is 10.6 Å². The van der Waals surface area contributed by atoms with E-state index in [4.69, 9.17) is 0 Å². The van der Waals surface area contributed by atoms with E-state index in [0.717, 1.165) is 30.4 Å². The molecule has 0 radical (unpaired) electrons. The number of hydrogen-bond donors (Lipinski definition) is 2. The van der Waals surface area contributed by atoms with E-state index in [2.05, 4.69) is 32.8 Å². The summed E-state index contributed by atoms with van der Waals surface area (Å²) in [7, 11) is 1.80. The average Bonchev–Trinajstić information content (AvgIpc) is 2.96. The van der Waals surface area contributed by atoms with Crippen LogP contribution in [0.25, 0.3) is 0 Å². The lowest BCUT2D eigenvalue weighted by atomic mass is 10.2. The van der Waals surface area contributed by atoms with Crippen LogP contribution >= 0.6 is 11.3 Å². The molecule has 0 aliphatic heterocycles. The SMILES string of the molecule is CN=C(NCc1cnc(C)s1)NC1CC=CC1. The first kappa shape index (κ1) is 12.1. The summed E-state index contributed by atoms with van der Waals surface area (Å²) < 4.78 is 0. The minimum absolute atomic E-state index is 0.490. The highest BCUT2D eigenvalue weighted by Crippen LogP contribution is 2.11. The highest BCUT2D eigenvalue weighted by atomic mass is 32.1. The Morgan fingerprint density at radius 2 is 2.29 bits per heavy atom. The number of nitrogens with zero attached hydrogens (tertiary/aromatic N) is 2. The number of rotatable bonds is 3. The van der Waals surface area contributed by atoms with Gasteiger partial charge in [-0.1, -0.05) is 12.2 Å². The van der Waals surface area contributed by atoms with E-state index in [1.165, 1.54) is 4.88 Å². The summed E-state index contributed by atoms with van der Waals surface area (Å²) in [5.41, 5.74) is 0. The minimum atomic E-state index is 0.490. The van der Waals surface area contributed by atoms with Crippen LogP contribution in [0.1, 0.15) is 22.7 Å². The van der Waals surface area contributed by atoms with Gasteiger partial charge in [0.2, 0.25) is 0 Å². The van der Waals surface area contributed by atoms with E-state index < -0.39 is 0 Å². The lowest BCUT2D eigenvalue weighted by Gasteiger charge is -2.16. The predicted octanol–water partition coefficient (Wildman–Crippen LogP) is 1.84. The first-order chi connectivity index (χ1) is 8.28. The van der Waals surface area contributed by atoms with Crippen LogP contribution < -0.4 is 10.6 Å². The summed E-state index contributed by atoms with van der Waals surface area (Å²) in [6.45, 7) is 2.80. The average molecular weight is 250 g/mol. The molecule has 0 saturated heterocycles. The maximum atomic E-state index is 4.23. The van der Waals surface area contributed by atoms with Crippen molar-refractivity contribution in [3.8, 4) is 0 Å². The molecule has 0 fully saturated rings. The number of hydrogen-bond acceptors (Lipinski definition) is 3. The maximum absolute atomic E-state index is 4.23. The molecule has 2 N–H and O–H groups in total. The minimum Gasteiger partial charge on any atom is -0.353 e. The standard InChI is InChI=1S/C12H18N4S/c1-9-14-7-11(17-9)8-15-12(13-2)16-10-5-3-4-6-10/h3-4,7,10H,5-6,8H2,1-2H3,(H2,13,15,16). The molecule has 0 spiro atoms. The highest BCUT2D eigenvalue weighted by Gasteiger charge is 2.11. The van der Waals surface area contributed by atoms with Gasteiger partial charge in [-0.2, -0.15) is 0 Å². The van der Waals surface area contributed by atoms with Crippen LogP contribution in [0.5, 0.6) is 0 Å². The van der Waals surface area contributed by atoms with Crippen molar-refractivity contribution in [1.82, 2.24) is 15.6 Å². The zero-order valence-electron chi connectivity index (χ0n) is 10.2. The van der Waals surface area contributed by atoms with Crippen LogP contribution in [0.3, 0.4) is 0 Å². The number of aryl methyl sites for hydroxylation is 1. The zero-order valence-corrected chi connectivity index (χ0v) is 11.0. The number of nitrogens with one attached hydrogen (secondary N) is 2. The molecule has 1 heterocycles. The van der Waals surface area contributed by atoms with Gasteiger partial charge in [0.25, 0.3) is 0 Å². The zero-order chi connectivity index (χ0) is 12.1. The van der Waals surface area contributed by atoms with Gasteiger partial charge in [-0.3, -0.25) is 4.99 Å². The molecule has 17 heavy (non-hydrogen) atoms. The fraction of sp³-hybridized carbons (Fsp3) is 0.500. The Bertz CT molecular complexity index is 414. The van der Waals surface area contributed by atoms with E-state index in [0.29, 0.717) is 6.04 Å². The summed E-state index contributed by atoms with van der Waals surface area (Å²) >= 11 is 1.71. The quantitative estimate of drug-likeness (QED) is 0.489. The summed E-state index contributed by atoms with van der Waals surface area (Å²) in [6.07, 6.45) is 8.49. The van der Waals surface area contributed by atoms with Crippen molar-refractivity contribution in [2.75, 3.05) is 7.05 Å². The van der Waals surface area contributed by atoms with Gasteiger partial charge in [0.1, 0.15) is 0 Å². The molecule has 0 bridgehead atoms. The maximum Gasteiger partial charge on any atom is 0.191 e. The fourth-order valence-corrected chi connectivity index (χ4v) is 2.52. The summed E-state index contributed by atoms with van der Waals surface area (Å²) in [4.78, 5) is 9.69. The summed E-state index contributed by atoms with van der Waals surface area (Å²) in [5.74, 6) is 0.866. The molecule has 1 aromatic heterocycles. The molecular weight excluding hydrogens is 232 g/mol. The first-order valence-corrected chi connectivity index (χ1v) is 6.63. The number of aromatic nitrogens is 1. The molecule has 4 nitrogen and oxygen atoms in total. The third-order valence-electron chi connectivity index (χ3n) is 2.67. The van der Waals surface area contributed by atoms with Crippen molar-refractivity contribution in [3.63, 3.8) is 0 Å².